The fourth-order valence-corrected chi connectivity index (χ4v) is 1.53. The Kier molecular flexibility index (Phi) is 2.48. The van der Waals surface area contributed by atoms with E-state index >= 15 is 0 Å². The lowest BCUT2D eigenvalue weighted by Crippen LogP contribution is -2.48. The molecular formula is C8H16N3+. The largest absolute Gasteiger partial charge is 0.300 e. The highest BCUT2D eigenvalue weighted by Crippen LogP contribution is 2.18. The molecule has 1 saturated heterocycles. The van der Waals surface area contributed by atoms with Crippen LogP contribution in [0.25, 0.3) is 0 Å². The summed E-state index contributed by atoms with van der Waals surface area (Å²) in [6.07, 6.45) is 1.01. The Morgan fingerprint density at radius 1 is 1.73 bits per heavy atom. The lowest BCUT2D eigenvalue weighted by atomic mass is 10.0. The van der Waals surface area contributed by atoms with Crippen LogP contribution in [-0.4, -0.2) is 37.1 Å². The maximum Gasteiger partial charge on any atom is 0.294 e. The van der Waals surface area contributed by atoms with Crippen LogP contribution in [0.4, 0.5) is 0 Å². The zero-order chi connectivity index (χ0) is 8.32. The van der Waals surface area contributed by atoms with Gasteiger partial charge in [0.15, 0.2) is 5.54 Å². The Balaban J connectivity index is 2.57. The van der Waals surface area contributed by atoms with Gasteiger partial charge in [-0.25, -0.2) is 0 Å². The van der Waals surface area contributed by atoms with Crippen molar-refractivity contribution in [1.29, 1.82) is 0 Å². The fraction of sp³-hybridized carbons (Fsp3) is 0.875. The van der Waals surface area contributed by atoms with Gasteiger partial charge >= 0.3 is 0 Å². The summed E-state index contributed by atoms with van der Waals surface area (Å²) in [6.45, 7) is 5.24. The molecule has 0 aromatic heterocycles. The summed E-state index contributed by atoms with van der Waals surface area (Å²) >= 11 is 0. The van der Waals surface area contributed by atoms with Crippen LogP contribution in [0.2, 0.25) is 0 Å². The van der Waals surface area contributed by atoms with E-state index < -0.39 is 0 Å². The van der Waals surface area contributed by atoms with E-state index in [9.17, 15) is 0 Å². The minimum absolute atomic E-state index is 0.157. The van der Waals surface area contributed by atoms with Gasteiger partial charge in [-0.2, -0.15) is 0 Å². The van der Waals surface area contributed by atoms with Crippen molar-refractivity contribution in [2.45, 2.75) is 18.9 Å². The van der Waals surface area contributed by atoms with Crippen LogP contribution < -0.4 is 10.6 Å². The number of nitrogens with zero attached hydrogens (tertiary/aromatic N) is 1. The van der Waals surface area contributed by atoms with Crippen molar-refractivity contribution in [2.24, 2.45) is 0 Å². The second kappa shape index (κ2) is 3.21. The second-order valence-corrected chi connectivity index (χ2v) is 3.08. The van der Waals surface area contributed by atoms with Crippen LogP contribution in [0, 0.1) is 6.07 Å². The van der Waals surface area contributed by atoms with Crippen molar-refractivity contribution >= 4 is 0 Å². The van der Waals surface area contributed by atoms with Gasteiger partial charge in [0.1, 0.15) is 0 Å². The molecule has 1 fully saturated rings. The molecule has 11 heavy (non-hydrogen) atoms. The van der Waals surface area contributed by atoms with E-state index in [-0.39, 0.29) is 5.54 Å². The first-order chi connectivity index (χ1) is 5.26. The maximum absolute atomic E-state index is 7.17. The monoisotopic (exact) mass is 154 g/mol. The Bertz CT molecular complexity index is 173. The quantitative estimate of drug-likeness (QED) is 0.505. The SMILES string of the molecule is CCN1CCC(C#[NH+])(NC)C1. The zero-order valence-electron chi connectivity index (χ0n) is 7.28. The summed E-state index contributed by atoms with van der Waals surface area (Å²) in [5, 5.41) is 10.3. The van der Waals surface area contributed by atoms with Crippen LogP contribution in [-0.2, 0) is 0 Å². The molecule has 0 spiro atoms. The van der Waals surface area contributed by atoms with Crippen molar-refractivity contribution in [1.82, 2.24) is 10.2 Å². The van der Waals surface area contributed by atoms with Gasteiger partial charge in [-0.15, -0.1) is 0 Å². The molecule has 62 valence electrons. The molecule has 0 radical (unpaired) electrons. The number of rotatable bonds is 2. The summed E-state index contributed by atoms with van der Waals surface area (Å²) in [4.78, 5) is 2.33. The van der Waals surface area contributed by atoms with Crippen molar-refractivity contribution in [2.75, 3.05) is 26.7 Å². The van der Waals surface area contributed by atoms with E-state index in [4.69, 9.17) is 5.26 Å². The first kappa shape index (κ1) is 8.51. The van der Waals surface area contributed by atoms with Crippen molar-refractivity contribution in [3.63, 3.8) is 0 Å². The topological polar surface area (TPSA) is 39.1 Å². The highest BCUT2D eigenvalue weighted by atomic mass is 15.2. The number of hydrogen-bond acceptors (Lipinski definition) is 2. The number of nitrogens with one attached hydrogen (secondary N) is 2. The summed E-state index contributed by atoms with van der Waals surface area (Å²) in [6, 6.07) is 2.59. The molecule has 2 N–H and O–H groups in total. The summed E-state index contributed by atoms with van der Waals surface area (Å²) in [7, 11) is 1.90. The van der Waals surface area contributed by atoms with E-state index in [1.54, 1.807) is 0 Å². The summed E-state index contributed by atoms with van der Waals surface area (Å²) in [5.41, 5.74) is -0.157. The fourth-order valence-electron chi connectivity index (χ4n) is 1.53. The van der Waals surface area contributed by atoms with Gasteiger partial charge < -0.3 is 4.90 Å². The van der Waals surface area contributed by atoms with Gasteiger partial charge in [0.25, 0.3) is 6.07 Å². The predicted octanol–water partition coefficient (Wildman–Crippen LogP) is -1.56. The van der Waals surface area contributed by atoms with Crippen molar-refractivity contribution in [3.8, 4) is 6.07 Å². The molecular weight excluding hydrogens is 138 g/mol. The predicted molar refractivity (Wildman–Crippen MR) is 43.4 cm³/mol. The molecule has 1 aliphatic rings. The molecule has 0 aliphatic carbocycles. The van der Waals surface area contributed by atoms with Crippen molar-refractivity contribution in [3.05, 3.63) is 0 Å². The van der Waals surface area contributed by atoms with E-state index in [0.29, 0.717) is 0 Å². The first-order valence-corrected chi connectivity index (χ1v) is 4.11. The third-order valence-electron chi connectivity index (χ3n) is 2.51. The first-order valence-electron chi connectivity index (χ1n) is 4.11. The Hall–Kier alpha value is -0.590. The minimum atomic E-state index is -0.157. The van der Waals surface area contributed by atoms with Crippen LogP contribution in [0.3, 0.4) is 0 Å². The molecule has 0 amide bonds. The number of likely N-dealkylation sites (N-methyl/N-ethyl adjacent to an activating group) is 2. The van der Waals surface area contributed by atoms with Gasteiger partial charge in [-0.3, -0.25) is 5.32 Å². The molecule has 1 heterocycles. The van der Waals surface area contributed by atoms with Crippen LogP contribution >= 0.6 is 0 Å². The van der Waals surface area contributed by atoms with Gasteiger partial charge in [-0.1, -0.05) is 12.2 Å². The third-order valence-corrected chi connectivity index (χ3v) is 2.51. The van der Waals surface area contributed by atoms with Crippen molar-refractivity contribution < 1.29 is 5.26 Å². The Morgan fingerprint density at radius 2 is 2.45 bits per heavy atom. The molecule has 0 aromatic rings. The summed E-state index contributed by atoms with van der Waals surface area (Å²) in [5.74, 6) is 0. The normalized spacial score (nSPS) is 32.1. The van der Waals surface area contributed by atoms with Crippen LogP contribution in [0.5, 0.6) is 0 Å². The van der Waals surface area contributed by atoms with E-state index in [1.165, 1.54) is 0 Å². The molecule has 0 saturated carbocycles. The van der Waals surface area contributed by atoms with Gasteiger partial charge in [0.05, 0.1) is 0 Å². The standard InChI is InChI=1S/C8H15N3/c1-3-11-5-4-8(6-9,7-11)10-2/h10H,3-5,7H2,1-2H3/p+1. The zero-order valence-corrected chi connectivity index (χ0v) is 7.28. The van der Waals surface area contributed by atoms with E-state index in [1.807, 2.05) is 7.05 Å². The minimum Gasteiger partial charge on any atom is -0.300 e. The van der Waals surface area contributed by atoms with E-state index in [2.05, 4.69) is 23.2 Å². The maximum atomic E-state index is 7.17. The third kappa shape index (κ3) is 1.52. The van der Waals surface area contributed by atoms with Gasteiger partial charge in [0.2, 0.25) is 0 Å². The molecule has 1 rings (SSSR count). The average Bonchev–Trinajstić information content (AvgIpc) is 2.49. The molecule has 1 atom stereocenters. The van der Waals surface area contributed by atoms with Gasteiger partial charge in [0, 0.05) is 13.1 Å². The lowest BCUT2D eigenvalue weighted by molar-refractivity contribution is -0.101. The second-order valence-electron chi connectivity index (χ2n) is 3.08. The highest BCUT2D eigenvalue weighted by Gasteiger charge is 2.39. The highest BCUT2D eigenvalue weighted by molar-refractivity contribution is 5.11. The number of hydrogen-bond donors (Lipinski definition) is 2. The van der Waals surface area contributed by atoms with E-state index in [0.717, 1.165) is 26.1 Å². The molecule has 3 nitrogen and oxygen atoms in total. The van der Waals surface area contributed by atoms with Crippen LogP contribution in [0.1, 0.15) is 13.3 Å². The smallest absolute Gasteiger partial charge is 0.294 e. The van der Waals surface area contributed by atoms with Crippen LogP contribution in [0.15, 0.2) is 0 Å². The van der Waals surface area contributed by atoms with Gasteiger partial charge in [-0.05, 0) is 20.0 Å². The lowest BCUT2D eigenvalue weighted by Gasteiger charge is -2.17. The molecule has 1 unspecified atom stereocenters. The molecule has 0 aromatic carbocycles. The molecule has 3 heteroatoms. The summed E-state index contributed by atoms with van der Waals surface area (Å²) < 4.78 is 0. The average molecular weight is 154 g/mol. The molecule has 1 aliphatic heterocycles. The Labute approximate surface area is 68.0 Å². The molecule has 0 bridgehead atoms. The Morgan fingerprint density at radius 3 is 2.73 bits per heavy atom. The number of likely N-dealkylation sites (tertiary alicyclic amines) is 1.